The van der Waals surface area contributed by atoms with Crippen molar-refractivity contribution >= 4 is 29.4 Å². The Balaban J connectivity index is 1.78. The fraction of sp³-hybridized carbons (Fsp3) is 0.227. The normalized spacial score (nSPS) is 14.0. The number of amides is 1. The van der Waals surface area contributed by atoms with Gasteiger partial charge < -0.3 is 20.5 Å². The van der Waals surface area contributed by atoms with Crippen LogP contribution in [0.5, 0.6) is 0 Å². The highest BCUT2D eigenvalue weighted by atomic mass is 16.5. The van der Waals surface area contributed by atoms with Gasteiger partial charge in [-0.3, -0.25) is 14.4 Å². The van der Waals surface area contributed by atoms with E-state index in [0.717, 1.165) is 7.11 Å². The molecule has 9 nitrogen and oxygen atoms in total. The minimum atomic E-state index is -1.25. The number of benzene rings is 2. The first-order valence-corrected chi connectivity index (χ1v) is 9.38. The van der Waals surface area contributed by atoms with E-state index in [1.54, 1.807) is 24.3 Å². The third-order valence-electron chi connectivity index (χ3n) is 4.76. The Hall–Kier alpha value is -3.85. The molecule has 0 heterocycles. The van der Waals surface area contributed by atoms with Gasteiger partial charge in [-0.15, -0.1) is 0 Å². The van der Waals surface area contributed by atoms with Crippen LogP contribution >= 0.6 is 0 Å². The van der Waals surface area contributed by atoms with Crippen molar-refractivity contribution in [1.29, 1.82) is 0 Å². The van der Waals surface area contributed by atoms with E-state index in [4.69, 9.17) is 10.5 Å². The summed E-state index contributed by atoms with van der Waals surface area (Å²) in [4.78, 5) is 61.5. The van der Waals surface area contributed by atoms with Crippen LogP contribution in [0.25, 0.3) is 0 Å². The van der Waals surface area contributed by atoms with Gasteiger partial charge in [-0.25, -0.2) is 9.59 Å². The first-order chi connectivity index (χ1) is 14.7. The largest absolute Gasteiger partial charge is 0.467 e. The third kappa shape index (κ3) is 4.36. The standard InChI is InChI=1S/C22H20N2O7/c1-11(23)20(27)24-17(22(29)30-2)10-31-21(28)12-7-8-15-16(9-12)19(26)14-6-4-3-5-13(14)18(15)25/h3-9,11,17H,10,23H2,1-2H3,(H,24,27)/t11-,17-/m0/s1. The summed E-state index contributed by atoms with van der Waals surface area (Å²) in [5.41, 5.74) is 6.33. The molecule has 9 heteroatoms. The van der Waals surface area contributed by atoms with Gasteiger partial charge in [0, 0.05) is 22.3 Å². The second-order valence-corrected chi connectivity index (χ2v) is 6.94. The minimum absolute atomic E-state index is 0.0152. The van der Waals surface area contributed by atoms with Crippen molar-refractivity contribution in [3.05, 3.63) is 70.3 Å². The molecule has 2 aromatic carbocycles. The van der Waals surface area contributed by atoms with Crippen molar-refractivity contribution in [2.24, 2.45) is 5.73 Å². The highest BCUT2D eigenvalue weighted by Crippen LogP contribution is 2.28. The fourth-order valence-corrected chi connectivity index (χ4v) is 3.08. The number of hydrogen-bond acceptors (Lipinski definition) is 8. The lowest BCUT2D eigenvalue weighted by atomic mass is 9.83. The van der Waals surface area contributed by atoms with Crippen molar-refractivity contribution in [3.8, 4) is 0 Å². The summed E-state index contributed by atoms with van der Waals surface area (Å²) in [6.07, 6.45) is 0. The zero-order valence-corrected chi connectivity index (χ0v) is 16.8. The first kappa shape index (κ1) is 21.8. The van der Waals surface area contributed by atoms with Gasteiger partial charge >= 0.3 is 11.9 Å². The maximum atomic E-state index is 12.8. The van der Waals surface area contributed by atoms with E-state index in [2.05, 4.69) is 10.1 Å². The molecule has 0 radical (unpaired) electrons. The molecule has 3 N–H and O–H groups in total. The highest BCUT2D eigenvalue weighted by molar-refractivity contribution is 6.28. The van der Waals surface area contributed by atoms with Crippen molar-refractivity contribution in [1.82, 2.24) is 5.32 Å². The van der Waals surface area contributed by atoms with Crippen LogP contribution < -0.4 is 11.1 Å². The summed E-state index contributed by atoms with van der Waals surface area (Å²) in [6, 6.07) is 8.33. The van der Waals surface area contributed by atoms with E-state index >= 15 is 0 Å². The Morgan fingerprint density at radius 1 is 0.968 bits per heavy atom. The summed E-state index contributed by atoms with van der Waals surface area (Å²) in [5.74, 6) is -2.97. The summed E-state index contributed by atoms with van der Waals surface area (Å²) < 4.78 is 9.72. The maximum absolute atomic E-state index is 12.8. The lowest BCUT2D eigenvalue weighted by Crippen LogP contribution is -2.50. The molecule has 0 spiro atoms. The Morgan fingerprint density at radius 3 is 2.13 bits per heavy atom. The molecule has 0 aromatic heterocycles. The molecule has 0 saturated heterocycles. The Bertz CT molecular complexity index is 1090. The zero-order valence-electron chi connectivity index (χ0n) is 16.8. The van der Waals surface area contributed by atoms with Gasteiger partial charge in [0.1, 0.15) is 6.61 Å². The summed E-state index contributed by atoms with van der Waals surface area (Å²) in [7, 11) is 1.12. The van der Waals surface area contributed by atoms with Crippen LogP contribution in [0, 0.1) is 0 Å². The number of nitrogens with one attached hydrogen (secondary N) is 1. The Morgan fingerprint density at radius 2 is 1.55 bits per heavy atom. The minimum Gasteiger partial charge on any atom is -0.467 e. The first-order valence-electron chi connectivity index (χ1n) is 9.38. The molecule has 3 rings (SSSR count). The van der Waals surface area contributed by atoms with E-state index in [-0.39, 0.29) is 33.8 Å². The molecule has 0 fully saturated rings. The molecule has 0 unspecified atom stereocenters. The molecule has 1 aliphatic carbocycles. The van der Waals surface area contributed by atoms with Gasteiger partial charge in [0.15, 0.2) is 17.6 Å². The number of carbonyl (C=O) groups excluding carboxylic acids is 5. The number of esters is 2. The smallest absolute Gasteiger partial charge is 0.338 e. The molecule has 31 heavy (non-hydrogen) atoms. The van der Waals surface area contributed by atoms with Crippen molar-refractivity contribution in [3.63, 3.8) is 0 Å². The SMILES string of the molecule is COC(=O)[C@H](COC(=O)c1ccc2c(c1)C(=O)c1ccccc1C2=O)NC(=O)[C@H](C)N. The number of hydrogen-bond donors (Lipinski definition) is 2. The van der Waals surface area contributed by atoms with E-state index in [0.29, 0.717) is 5.56 Å². The van der Waals surface area contributed by atoms with Crippen molar-refractivity contribution < 1.29 is 33.4 Å². The second-order valence-electron chi connectivity index (χ2n) is 6.94. The number of nitrogens with two attached hydrogens (primary N) is 1. The predicted molar refractivity (Wildman–Crippen MR) is 108 cm³/mol. The van der Waals surface area contributed by atoms with Crippen LogP contribution in [0.2, 0.25) is 0 Å². The van der Waals surface area contributed by atoms with Gasteiger partial charge in [0.05, 0.1) is 18.7 Å². The van der Waals surface area contributed by atoms with Crippen LogP contribution in [0.15, 0.2) is 42.5 Å². The fourth-order valence-electron chi connectivity index (χ4n) is 3.08. The summed E-state index contributed by atoms with van der Waals surface area (Å²) >= 11 is 0. The molecular weight excluding hydrogens is 404 g/mol. The molecule has 2 aromatic rings. The predicted octanol–water partition coefficient (Wildman–Crippen LogP) is 0.624. The van der Waals surface area contributed by atoms with E-state index in [1.165, 1.54) is 25.1 Å². The van der Waals surface area contributed by atoms with Gasteiger partial charge in [0.2, 0.25) is 5.91 Å². The summed E-state index contributed by atoms with van der Waals surface area (Å²) in [5, 5.41) is 2.33. The van der Waals surface area contributed by atoms with Crippen LogP contribution in [-0.4, -0.2) is 55.2 Å². The molecular formula is C22H20N2O7. The maximum Gasteiger partial charge on any atom is 0.338 e. The number of rotatable bonds is 6. The van der Waals surface area contributed by atoms with Crippen LogP contribution in [0.3, 0.4) is 0 Å². The van der Waals surface area contributed by atoms with Crippen LogP contribution in [0.4, 0.5) is 0 Å². The van der Waals surface area contributed by atoms with Crippen molar-refractivity contribution in [2.45, 2.75) is 19.0 Å². The van der Waals surface area contributed by atoms with Gasteiger partial charge in [-0.2, -0.15) is 0 Å². The molecule has 2 atom stereocenters. The van der Waals surface area contributed by atoms with Gasteiger partial charge in [-0.05, 0) is 25.1 Å². The highest BCUT2D eigenvalue weighted by Gasteiger charge is 2.30. The summed E-state index contributed by atoms with van der Waals surface area (Å²) in [6.45, 7) is 0.927. The molecule has 1 amide bonds. The number of methoxy groups -OCH3 is 1. The van der Waals surface area contributed by atoms with Crippen molar-refractivity contribution in [2.75, 3.05) is 13.7 Å². The van der Waals surface area contributed by atoms with E-state index in [9.17, 15) is 24.0 Å². The number of fused-ring (bicyclic) bond motifs is 2. The number of ketones is 2. The number of ether oxygens (including phenoxy) is 2. The van der Waals surface area contributed by atoms with E-state index < -0.39 is 36.5 Å². The zero-order chi connectivity index (χ0) is 22.7. The average Bonchev–Trinajstić information content (AvgIpc) is 2.78. The quantitative estimate of drug-likeness (QED) is 0.549. The molecule has 0 aliphatic heterocycles. The topological polar surface area (TPSA) is 142 Å². The van der Waals surface area contributed by atoms with Crippen LogP contribution in [0.1, 0.15) is 49.1 Å². The van der Waals surface area contributed by atoms with E-state index in [1.807, 2.05) is 0 Å². The Kier molecular flexibility index (Phi) is 6.26. The Labute approximate surface area is 177 Å². The lowest BCUT2D eigenvalue weighted by Gasteiger charge is -2.19. The molecule has 0 saturated carbocycles. The lowest BCUT2D eigenvalue weighted by molar-refractivity contribution is -0.146. The molecule has 0 bridgehead atoms. The third-order valence-corrected chi connectivity index (χ3v) is 4.76. The molecule has 160 valence electrons. The van der Waals surface area contributed by atoms with Crippen LogP contribution in [-0.2, 0) is 19.1 Å². The second kappa shape index (κ2) is 8.88. The monoisotopic (exact) mass is 424 g/mol. The van der Waals surface area contributed by atoms with Gasteiger partial charge in [0.25, 0.3) is 0 Å². The number of carbonyl (C=O) groups is 5. The molecule has 1 aliphatic rings. The van der Waals surface area contributed by atoms with Gasteiger partial charge in [-0.1, -0.05) is 24.3 Å². The average molecular weight is 424 g/mol.